The fraction of sp³-hybridized carbons (Fsp3) is 0.176. The number of pyridine rings is 1. The van der Waals surface area contributed by atoms with E-state index in [0.717, 1.165) is 23.1 Å². The van der Waals surface area contributed by atoms with E-state index in [2.05, 4.69) is 18.0 Å². The number of Topliss-reactive ketones (excluding diaryl/α,β-unsaturated/α-hetero) is 1. The van der Waals surface area contributed by atoms with Gasteiger partial charge in [-0.3, -0.25) is 9.78 Å². The maximum absolute atomic E-state index is 12.5. The molecular weight excluding hydrogens is 234 g/mol. The second-order valence-corrected chi connectivity index (χ2v) is 4.97. The molecule has 2 aromatic rings. The van der Waals surface area contributed by atoms with E-state index in [1.54, 1.807) is 12.4 Å². The number of ketones is 1. The van der Waals surface area contributed by atoms with Crippen molar-refractivity contribution in [3.05, 3.63) is 71.1 Å². The minimum Gasteiger partial charge on any atom is -0.289 e. The molecule has 0 fully saturated rings. The quantitative estimate of drug-likeness (QED) is 0.718. The second-order valence-electron chi connectivity index (χ2n) is 4.97. The molecule has 0 amide bonds. The van der Waals surface area contributed by atoms with Gasteiger partial charge in [0, 0.05) is 23.5 Å². The maximum Gasteiger partial charge on any atom is 0.189 e. The van der Waals surface area contributed by atoms with Gasteiger partial charge in [-0.2, -0.15) is 0 Å². The molecule has 1 aliphatic carbocycles. The first-order valence-corrected chi connectivity index (χ1v) is 6.50. The van der Waals surface area contributed by atoms with Gasteiger partial charge in [0.1, 0.15) is 0 Å². The monoisotopic (exact) mass is 249 g/mol. The summed E-state index contributed by atoms with van der Waals surface area (Å²) in [7, 11) is 0. The summed E-state index contributed by atoms with van der Waals surface area (Å²) in [5, 5.41) is 0. The normalized spacial score (nSPS) is 20.4. The maximum atomic E-state index is 12.5. The van der Waals surface area contributed by atoms with Crippen molar-refractivity contribution in [3.8, 4) is 0 Å². The molecule has 1 aromatic carbocycles. The van der Waals surface area contributed by atoms with Crippen LogP contribution in [0.2, 0.25) is 0 Å². The van der Waals surface area contributed by atoms with Gasteiger partial charge >= 0.3 is 0 Å². The predicted octanol–water partition coefficient (Wildman–Crippen LogP) is 3.86. The lowest BCUT2D eigenvalue weighted by Gasteiger charge is -2.23. The van der Waals surface area contributed by atoms with E-state index < -0.39 is 0 Å². The third-order valence-corrected chi connectivity index (χ3v) is 3.60. The van der Waals surface area contributed by atoms with Gasteiger partial charge in [0.25, 0.3) is 0 Å². The fourth-order valence-electron chi connectivity index (χ4n) is 2.62. The Balaban J connectivity index is 2.03. The summed E-state index contributed by atoms with van der Waals surface area (Å²) in [6, 6.07) is 11.8. The Labute approximate surface area is 112 Å². The molecular formula is C17H15NO. The highest BCUT2D eigenvalue weighted by atomic mass is 16.1. The van der Waals surface area contributed by atoms with Crippen LogP contribution in [-0.2, 0) is 0 Å². The standard InChI is InChI=1S/C17H15NO/c1-12-10-14(11-13-6-8-18-9-7-13)17(19)16-5-3-2-4-15(12)16/h2-9,11-12H,10H2,1H3/b14-11-. The molecule has 2 nitrogen and oxygen atoms in total. The molecule has 1 heterocycles. The van der Waals surface area contributed by atoms with Crippen LogP contribution in [0.25, 0.3) is 6.08 Å². The lowest BCUT2D eigenvalue weighted by molar-refractivity contribution is 0.102. The van der Waals surface area contributed by atoms with E-state index in [0.29, 0.717) is 5.92 Å². The topological polar surface area (TPSA) is 30.0 Å². The Kier molecular flexibility index (Phi) is 3.00. The van der Waals surface area contributed by atoms with Crippen LogP contribution >= 0.6 is 0 Å². The number of allylic oxidation sites excluding steroid dienone is 1. The number of nitrogens with zero attached hydrogens (tertiary/aromatic N) is 1. The number of carbonyl (C=O) groups is 1. The van der Waals surface area contributed by atoms with Crippen LogP contribution < -0.4 is 0 Å². The summed E-state index contributed by atoms with van der Waals surface area (Å²) in [5.74, 6) is 0.549. The van der Waals surface area contributed by atoms with Crippen LogP contribution in [0.4, 0.5) is 0 Å². The molecule has 0 saturated heterocycles. The van der Waals surface area contributed by atoms with Crippen LogP contribution in [0.1, 0.15) is 40.7 Å². The summed E-state index contributed by atoms with van der Waals surface area (Å²) in [6.45, 7) is 2.17. The molecule has 19 heavy (non-hydrogen) atoms. The van der Waals surface area contributed by atoms with E-state index >= 15 is 0 Å². The summed E-state index contributed by atoms with van der Waals surface area (Å²) in [4.78, 5) is 16.5. The van der Waals surface area contributed by atoms with E-state index in [9.17, 15) is 4.79 Å². The van der Waals surface area contributed by atoms with Crippen molar-refractivity contribution in [2.24, 2.45) is 0 Å². The van der Waals surface area contributed by atoms with Crippen molar-refractivity contribution in [2.75, 3.05) is 0 Å². The zero-order valence-corrected chi connectivity index (χ0v) is 10.8. The van der Waals surface area contributed by atoms with Crippen LogP contribution in [0.15, 0.2) is 54.4 Å². The molecule has 0 aliphatic heterocycles. The molecule has 1 atom stereocenters. The van der Waals surface area contributed by atoms with E-state index in [1.807, 2.05) is 36.4 Å². The SMILES string of the molecule is CC1C/C(=C/c2ccncc2)C(=O)c2ccccc21. The van der Waals surface area contributed by atoms with Gasteiger partial charge in [0.05, 0.1) is 0 Å². The average Bonchev–Trinajstić information content (AvgIpc) is 2.46. The Morgan fingerprint density at radius 3 is 2.68 bits per heavy atom. The minimum absolute atomic E-state index is 0.158. The number of hydrogen-bond acceptors (Lipinski definition) is 2. The molecule has 0 radical (unpaired) electrons. The second kappa shape index (κ2) is 4.81. The molecule has 0 N–H and O–H groups in total. The van der Waals surface area contributed by atoms with Crippen molar-refractivity contribution in [3.63, 3.8) is 0 Å². The van der Waals surface area contributed by atoms with Crippen LogP contribution in [0, 0.1) is 0 Å². The molecule has 1 aromatic heterocycles. The van der Waals surface area contributed by atoms with Gasteiger partial charge in [0.15, 0.2) is 5.78 Å². The number of carbonyl (C=O) groups excluding carboxylic acids is 1. The molecule has 1 aliphatic rings. The summed E-state index contributed by atoms with van der Waals surface area (Å²) in [6.07, 6.45) is 6.28. The van der Waals surface area contributed by atoms with Crippen molar-refractivity contribution >= 4 is 11.9 Å². The summed E-state index contributed by atoms with van der Waals surface area (Å²) < 4.78 is 0. The molecule has 3 rings (SSSR count). The first-order valence-electron chi connectivity index (χ1n) is 6.50. The Bertz CT molecular complexity index is 643. The largest absolute Gasteiger partial charge is 0.289 e. The van der Waals surface area contributed by atoms with Crippen LogP contribution in [0.5, 0.6) is 0 Å². The van der Waals surface area contributed by atoms with Crippen LogP contribution in [0.3, 0.4) is 0 Å². The number of benzene rings is 1. The average molecular weight is 249 g/mol. The lowest BCUT2D eigenvalue weighted by atomic mass is 9.80. The Hall–Kier alpha value is -2.22. The van der Waals surface area contributed by atoms with Crippen LogP contribution in [-0.4, -0.2) is 10.8 Å². The van der Waals surface area contributed by atoms with Crippen molar-refractivity contribution < 1.29 is 4.79 Å². The minimum atomic E-state index is 0.158. The molecule has 1 unspecified atom stereocenters. The van der Waals surface area contributed by atoms with Gasteiger partial charge < -0.3 is 0 Å². The third kappa shape index (κ3) is 2.22. The highest BCUT2D eigenvalue weighted by molar-refractivity contribution is 6.13. The number of rotatable bonds is 1. The third-order valence-electron chi connectivity index (χ3n) is 3.60. The smallest absolute Gasteiger partial charge is 0.189 e. The number of hydrogen-bond donors (Lipinski definition) is 0. The van der Waals surface area contributed by atoms with E-state index in [-0.39, 0.29) is 5.78 Å². The lowest BCUT2D eigenvalue weighted by Crippen LogP contribution is -2.16. The van der Waals surface area contributed by atoms with Crippen molar-refractivity contribution in [1.29, 1.82) is 0 Å². The summed E-state index contributed by atoms with van der Waals surface area (Å²) >= 11 is 0. The molecule has 2 heteroatoms. The predicted molar refractivity (Wildman–Crippen MR) is 76.0 cm³/mol. The molecule has 94 valence electrons. The first kappa shape index (κ1) is 11.8. The zero-order chi connectivity index (χ0) is 13.2. The van der Waals surface area contributed by atoms with Crippen molar-refractivity contribution in [2.45, 2.75) is 19.3 Å². The van der Waals surface area contributed by atoms with Gasteiger partial charge in [-0.05, 0) is 41.7 Å². The van der Waals surface area contributed by atoms with Gasteiger partial charge in [-0.1, -0.05) is 31.2 Å². The number of fused-ring (bicyclic) bond motifs is 1. The van der Waals surface area contributed by atoms with E-state index in [1.165, 1.54) is 5.56 Å². The van der Waals surface area contributed by atoms with E-state index in [4.69, 9.17) is 0 Å². The van der Waals surface area contributed by atoms with Gasteiger partial charge in [-0.15, -0.1) is 0 Å². The summed E-state index contributed by atoms with van der Waals surface area (Å²) in [5.41, 5.74) is 3.93. The molecule has 0 saturated carbocycles. The fourth-order valence-corrected chi connectivity index (χ4v) is 2.62. The number of aromatic nitrogens is 1. The molecule has 0 bridgehead atoms. The van der Waals surface area contributed by atoms with Crippen molar-refractivity contribution in [1.82, 2.24) is 4.98 Å². The Morgan fingerprint density at radius 2 is 1.89 bits per heavy atom. The highest BCUT2D eigenvalue weighted by Crippen LogP contribution is 2.34. The highest BCUT2D eigenvalue weighted by Gasteiger charge is 2.26. The first-order chi connectivity index (χ1) is 9.25. The molecule has 0 spiro atoms. The Morgan fingerprint density at radius 1 is 1.16 bits per heavy atom. The zero-order valence-electron chi connectivity index (χ0n) is 10.8. The van der Waals surface area contributed by atoms with Gasteiger partial charge in [0.2, 0.25) is 0 Å². The van der Waals surface area contributed by atoms with Gasteiger partial charge in [-0.25, -0.2) is 0 Å².